The summed E-state index contributed by atoms with van der Waals surface area (Å²) < 4.78 is 1.33. The Morgan fingerprint density at radius 3 is 2.80 bits per heavy atom. The molecule has 1 aromatic rings. The third-order valence-electron chi connectivity index (χ3n) is 1.06. The first-order valence-electron chi connectivity index (χ1n) is 2.58. The van der Waals surface area contributed by atoms with Crippen LogP contribution in [0.1, 0.15) is 10.4 Å². The van der Waals surface area contributed by atoms with E-state index in [9.17, 15) is 9.59 Å². The van der Waals surface area contributed by atoms with Crippen LogP contribution in [0.5, 0.6) is 0 Å². The van der Waals surface area contributed by atoms with E-state index in [1.54, 1.807) is 12.3 Å². The molecule has 0 saturated heterocycles. The van der Waals surface area contributed by atoms with E-state index in [-0.39, 0.29) is 11.1 Å². The number of halogens is 1. The van der Waals surface area contributed by atoms with Crippen LogP contribution < -0.4 is 5.56 Å². The van der Waals surface area contributed by atoms with Crippen molar-refractivity contribution in [3.8, 4) is 0 Å². The number of hydrogen-bond donors (Lipinski definition) is 0. The van der Waals surface area contributed by atoms with Crippen molar-refractivity contribution in [2.45, 2.75) is 0 Å². The summed E-state index contributed by atoms with van der Waals surface area (Å²) in [5.41, 5.74) is -0.0741. The highest BCUT2D eigenvalue weighted by molar-refractivity contribution is 14.1. The zero-order valence-electron chi connectivity index (χ0n) is 4.95. The molecule has 0 bridgehead atoms. The molecule has 1 heterocycles. The number of carbonyl (C=O) groups excluding carboxylic acids is 1. The Labute approximate surface area is 71.2 Å². The molecule has 0 amide bonds. The van der Waals surface area contributed by atoms with E-state index in [1.807, 2.05) is 22.9 Å². The highest BCUT2D eigenvalue weighted by atomic mass is 127. The molecule has 0 fully saturated rings. The van der Waals surface area contributed by atoms with Gasteiger partial charge in [0.1, 0.15) is 0 Å². The number of aldehydes is 1. The Kier molecular flexibility index (Phi) is 2.21. The maximum Gasteiger partial charge on any atom is 0.269 e. The summed E-state index contributed by atoms with van der Waals surface area (Å²) >= 11 is 1.82. The summed E-state index contributed by atoms with van der Waals surface area (Å²) in [6, 6.07) is 3.14. The zero-order chi connectivity index (χ0) is 7.56. The monoisotopic (exact) mass is 249 g/mol. The van der Waals surface area contributed by atoms with Crippen LogP contribution >= 0.6 is 22.9 Å². The molecular formula is C6H4INO2. The average Bonchev–Trinajstić information content (AvgIpc) is 1.95. The number of hydrogen-bond acceptors (Lipinski definition) is 2. The van der Waals surface area contributed by atoms with E-state index in [1.165, 1.54) is 8.85 Å². The Bertz CT molecular complexity index is 305. The minimum absolute atomic E-state index is 0.192. The van der Waals surface area contributed by atoms with Crippen molar-refractivity contribution in [1.82, 2.24) is 2.78 Å². The normalized spacial score (nSPS) is 9.30. The molecule has 0 spiro atoms. The minimum atomic E-state index is -0.266. The van der Waals surface area contributed by atoms with Gasteiger partial charge in [-0.15, -0.1) is 0 Å². The van der Waals surface area contributed by atoms with Gasteiger partial charge in [0.25, 0.3) is 5.56 Å². The lowest BCUT2D eigenvalue weighted by Gasteiger charge is -1.91. The van der Waals surface area contributed by atoms with Crippen molar-refractivity contribution in [3.63, 3.8) is 0 Å². The molecule has 0 N–H and O–H groups in total. The SMILES string of the molecule is O=Cc1cccn(I)c1=O. The molecule has 10 heavy (non-hydrogen) atoms. The first-order chi connectivity index (χ1) is 4.75. The number of pyridine rings is 1. The molecule has 3 nitrogen and oxygen atoms in total. The van der Waals surface area contributed by atoms with Gasteiger partial charge in [-0.1, -0.05) is 0 Å². The second kappa shape index (κ2) is 2.96. The number of aromatic nitrogens is 1. The fraction of sp³-hybridized carbons (Fsp3) is 0. The molecule has 0 radical (unpaired) electrons. The highest BCUT2D eigenvalue weighted by Crippen LogP contribution is 1.90. The Morgan fingerprint density at radius 2 is 2.30 bits per heavy atom. The van der Waals surface area contributed by atoms with Crippen molar-refractivity contribution >= 4 is 29.2 Å². The number of nitrogens with zero attached hydrogens (tertiary/aromatic N) is 1. The second-order valence-electron chi connectivity index (χ2n) is 1.70. The van der Waals surface area contributed by atoms with Gasteiger partial charge in [-0.2, -0.15) is 0 Å². The molecule has 1 rings (SSSR count). The van der Waals surface area contributed by atoms with E-state index in [4.69, 9.17) is 0 Å². The van der Waals surface area contributed by atoms with Gasteiger partial charge >= 0.3 is 0 Å². The van der Waals surface area contributed by atoms with Gasteiger partial charge in [-0.3, -0.25) is 12.4 Å². The Balaban J connectivity index is 3.42. The maximum absolute atomic E-state index is 10.9. The van der Waals surface area contributed by atoms with Crippen LogP contribution in [-0.4, -0.2) is 9.07 Å². The smallest absolute Gasteiger partial charge is 0.269 e. The summed E-state index contributed by atoms with van der Waals surface area (Å²) in [6.07, 6.45) is 2.15. The standard InChI is InChI=1S/C6H4INO2/c7-8-3-1-2-5(4-9)6(8)10/h1-4H. The van der Waals surface area contributed by atoms with Crippen LogP contribution in [0.15, 0.2) is 23.1 Å². The fourth-order valence-corrected chi connectivity index (χ4v) is 1.04. The van der Waals surface area contributed by atoms with Gasteiger partial charge in [0.05, 0.1) is 28.4 Å². The summed E-state index contributed by atoms with van der Waals surface area (Å²) in [7, 11) is 0. The molecule has 0 unspecified atom stereocenters. The minimum Gasteiger partial charge on any atom is -0.298 e. The van der Waals surface area contributed by atoms with Crippen LogP contribution in [-0.2, 0) is 0 Å². The maximum atomic E-state index is 10.9. The lowest BCUT2D eigenvalue weighted by molar-refractivity contribution is 0.112. The summed E-state index contributed by atoms with van der Waals surface area (Å²) in [5.74, 6) is 0. The highest BCUT2D eigenvalue weighted by Gasteiger charge is 1.96. The van der Waals surface area contributed by atoms with Gasteiger partial charge in [-0.25, -0.2) is 0 Å². The van der Waals surface area contributed by atoms with E-state index < -0.39 is 0 Å². The molecule has 0 saturated carbocycles. The van der Waals surface area contributed by atoms with Gasteiger partial charge in [0.15, 0.2) is 6.29 Å². The lowest BCUT2D eigenvalue weighted by atomic mass is 10.3. The van der Waals surface area contributed by atoms with Crippen molar-refractivity contribution in [2.24, 2.45) is 0 Å². The van der Waals surface area contributed by atoms with E-state index in [2.05, 4.69) is 0 Å². The lowest BCUT2D eigenvalue weighted by Crippen LogP contribution is -2.15. The number of rotatable bonds is 1. The first-order valence-corrected chi connectivity index (χ1v) is 3.55. The Morgan fingerprint density at radius 1 is 1.60 bits per heavy atom. The summed E-state index contributed by atoms with van der Waals surface area (Å²) in [5, 5.41) is 0. The van der Waals surface area contributed by atoms with Gasteiger partial charge in [-0.05, 0) is 12.1 Å². The summed E-state index contributed by atoms with van der Waals surface area (Å²) in [6.45, 7) is 0. The largest absolute Gasteiger partial charge is 0.298 e. The van der Waals surface area contributed by atoms with Crippen LogP contribution in [0, 0.1) is 0 Å². The zero-order valence-corrected chi connectivity index (χ0v) is 7.11. The topological polar surface area (TPSA) is 39.1 Å². The van der Waals surface area contributed by atoms with E-state index in [0.29, 0.717) is 6.29 Å². The Hall–Kier alpha value is -0.650. The van der Waals surface area contributed by atoms with Crippen LogP contribution in [0.3, 0.4) is 0 Å². The van der Waals surface area contributed by atoms with Crippen LogP contribution in [0.2, 0.25) is 0 Å². The predicted octanol–water partition coefficient (Wildman–Crippen LogP) is 0.859. The number of carbonyl (C=O) groups is 1. The molecule has 0 aliphatic heterocycles. The first kappa shape index (κ1) is 7.46. The van der Waals surface area contributed by atoms with Crippen molar-refractivity contribution in [3.05, 3.63) is 34.2 Å². The summed E-state index contributed by atoms with van der Waals surface area (Å²) in [4.78, 5) is 21.1. The quantitative estimate of drug-likeness (QED) is 0.547. The molecule has 0 aliphatic carbocycles. The molecule has 0 aromatic carbocycles. The second-order valence-corrected chi connectivity index (χ2v) is 2.74. The molecule has 0 atom stereocenters. The van der Waals surface area contributed by atoms with E-state index in [0.717, 1.165) is 0 Å². The predicted molar refractivity (Wildman–Crippen MR) is 45.5 cm³/mol. The van der Waals surface area contributed by atoms with Gasteiger partial charge in [0.2, 0.25) is 0 Å². The molecular weight excluding hydrogens is 245 g/mol. The van der Waals surface area contributed by atoms with Gasteiger partial charge < -0.3 is 0 Å². The van der Waals surface area contributed by atoms with Crippen molar-refractivity contribution in [1.29, 1.82) is 0 Å². The molecule has 1 aromatic heterocycles. The van der Waals surface area contributed by atoms with Gasteiger partial charge in [0, 0.05) is 6.20 Å². The molecule has 4 heteroatoms. The molecule has 52 valence electrons. The fourth-order valence-electron chi connectivity index (χ4n) is 0.574. The van der Waals surface area contributed by atoms with Crippen LogP contribution in [0.4, 0.5) is 0 Å². The van der Waals surface area contributed by atoms with Crippen LogP contribution in [0.25, 0.3) is 0 Å². The van der Waals surface area contributed by atoms with E-state index >= 15 is 0 Å². The molecule has 0 aliphatic rings. The average molecular weight is 249 g/mol. The van der Waals surface area contributed by atoms with Crippen molar-refractivity contribution < 1.29 is 4.79 Å². The third-order valence-corrected chi connectivity index (χ3v) is 1.82. The van der Waals surface area contributed by atoms with Crippen molar-refractivity contribution in [2.75, 3.05) is 0 Å². The third kappa shape index (κ3) is 1.26.